The van der Waals surface area contributed by atoms with Gasteiger partial charge in [-0.15, -0.1) is 11.8 Å². The molecule has 7 heteroatoms. The molecule has 1 unspecified atom stereocenters. The van der Waals surface area contributed by atoms with Crippen LogP contribution in [0.2, 0.25) is 0 Å². The largest absolute Gasteiger partial charge is 0.461 e. The first kappa shape index (κ1) is 17.0. The molecule has 0 saturated carbocycles. The Labute approximate surface area is 148 Å². The van der Waals surface area contributed by atoms with E-state index in [4.69, 9.17) is 10.5 Å². The smallest absolute Gasteiger partial charge is 0.307 e. The Morgan fingerprint density at radius 1 is 1.16 bits per heavy atom. The van der Waals surface area contributed by atoms with E-state index >= 15 is 0 Å². The first-order chi connectivity index (χ1) is 12.0. The van der Waals surface area contributed by atoms with Crippen LogP contribution in [0.1, 0.15) is 22.3 Å². The fourth-order valence-corrected chi connectivity index (χ4v) is 3.51. The van der Waals surface area contributed by atoms with Gasteiger partial charge in [-0.1, -0.05) is 24.3 Å². The van der Waals surface area contributed by atoms with Crippen molar-refractivity contribution < 1.29 is 19.1 Å². The van der Waals surface area contributed by atoms with Crippen LogP contribution in [0.15, 0.2) is 53.4 Å². The summed E-state index contributed by atoms with van der Waals surface area (Å²) in [6, 6.07) is 14.0. The zero-order chi connectivity index (χ0) is 17.8. The summed E-state index contributed by atoms with van der Waals surface area (Å²) in [4.78, 5) is 36.2. The third-order valence-corrected chi connectivity index (χ3v) is 4.95. The van der Waals surface area contributed by atoms with Crippen molar-refractivity contribution in [2.24, 2.45) is 5.73 Å². The summed E-state index contributed by atoms with van der Waals surface area (Å²) < 4.78 is 5.22. The number of rotatable bonds is 5. The van der Waals surface area contributed by atoms with Gasteiger partial charge in [0.2, 0.25) is 11.8 Å². The van der Waals surface area contributed by atoms with Crippen LogP contribution in [0, 0.1) is 0 Å². The predicted octanol–water partition coefficient (Wildman–Crippen LogP) is 2.33. The van der Waals surface area contributed by atoms with Crippen molar-refractivity contribution in [1.29, 1.82) is 0 Å². The SMILES string of the molecule is NC(=O)c1cccc(COC(=O)CC2Sc3ccccc3NC2=O)c1. The summed E-state index contributed by atoms with van der Waals surface area (Å²) in [7, 11) is 0. The van der Waals surface area contributed by atoms with E-state index in [1.807, 2.05) is 24.3 Å². The summed E-state index contributed by atoms with van der Waals surface area (Å²) in [5, 5.41) is 2.26. The van der Waals surface area contributed by atoms with Crippen LogP contribution in [0.5, 0.6) is 0 Å². The van der Waals surface area contributed by atoms with Gasteiger partial charge in [-0.25, -0.2) is 0 Å². The number of anilines is 1. The number of ether oxygens (including phenoxy) is 1. The fraction of sp³-hybridized carbons (Fsp3) is 0.167. The number of primary amides is 1. The second kappa shape index (κ2) is 7.40. The molecule has 1 aliphatic heterocycles. The molecule has 2 aromatic rings. The molecule has 6 nitrogen and oxygen atoms in total. The summed E-state index contributed by atoms with van der Waals surface area (Å²) >= 11 is 1.35. The van der Waals surface area contributed by atoms with Crippen LogP contribution >= 0.6 is 11.8 Å². The molecule has 1 atom stereocenters. The molecule has 0 bridgehead atoms. The average molecular weight is 356 g/mol. The third kappa shape index (κ3) is 4.19. The number of nitrogens with one attached hydrogen (secondary N) is 1. The highest BCUT2D eigenvalue weighted by Crippen LogP contribution is 2.36. The molecule has 2 amide bonds. The summed E-state index contributed by atoms with van der Waals surface area (Å²) in [5.74, 6) is -1.23. The topological polar surface area (TPSA) is 98.5 Å². The Morgan fingerprint density at radius 3 is 2.76 bits per heavy atom. The number of fused-ring (bicyclic) bond motifs is 1. The second-order valence-electron chi connectivity index (χ2n) is 5.52. The number of para-hydroxylation sites is 1. The maximum Gasteiger partial charge on any atom is 0.307 e. The lowest BCUT2D eigenvalue weighted by Gasteiger charge is -2.23. The monoisotopic (exact) mass is 356 g/mol. The second-order valence-corrected chi connectivity index (χ2v) is 6.77. The average Bonchev–Trinajstić information content (AvgIpc) is 2.61. The fourth-order valence-electron chi connectivity index (χ4n) is 2.42. The molecule has 0 fully saturated rings. The van der Waals surface area contributed by atoms with Crippen molar-refractivity contribution in [3.05, 3.63) is 59.7 Å². The molecule has 1 heterocycles. The maximum atomic E-state index is 12.1. The Morgan fingerprint density at radius 2 is 1.96 bits per heavy atom. The van der Waals surface area contributed by atoms with E-state index in [1.165, 1.54) is 11.8 Å². The number of amides is 2. The van der Waals surface area contributed by atoms with Crippen molar-refractivity contribution in [2.75, 3.05) is 5.32 Å². The van der Waals surface area contributed by atoms with Gasteiger partial charge in [0.15, 0.2) is 0 Å². The van der Waals surface area contributed by atoms with E-state index in [0.29, 0.717) is 11.1 Å². The summed E-state index contributed by atoms with van der Waals surface area (Å²) in [5.41, 5.74) is 6.99. The standard InChI is InChI=1S/C18H16N2O4S/c19-17(22)12-5-3-4-11(8-12)10-24-16(21)9-15-18(23)20-13-6-1-2-7-14(13)25-15/h1-8,15H,9-10H2,(H2,19,22)(H,20,23). The molecule has 1 aliphatic rings. The Kier molecular flexibility index (Phi) is 5.04. The molecule has 0 aliphatic carbocycles. The Hall–Kier alpha value is -2.80. The van der Waals surface area contributed by atoms with Crippen LogP contribution < -0.4 is 11.1 Å². The highest BCUT2D eigenvalue weighted by molar-refractivity contribution is 8.01. The van der Waals surface area contributed by atoms with Crippen molar-refractivity contribution in [3.63, 3.8) is 0 Å². The van der Waals surface area contributed by atoms with Crippen LogP contribution in [0.3, 0.4) is 0 Å². The minimum Gasteiger partial charge on any atom is -0.461 e. The van der Waals surface area contributed by atoms with Gasteiger partial charge in [0.25, 0.3) is 0 Å². The van der Waals surface area contributed by atoms with Crippen molar-refractivity contribution in [2.45, 2.75) is 23.2 Å². The lowest BCUT2D eigenvalue weighted by atomic mass is 10.1. The molecular weight excluding hydrogens is 340 g/mol. The number of carbonyl (C=O) groups excluding carboxylic acids is 3. The normalized spacial score (nSPS) is 15.8. The first-order valence-corrected chi connectivity index (χ1v) is 8.52. The third-order valence-electron chi connectivity index (χ3n) is 3.67. The number of nitrogens with two attached hydrogens (primary N) is 1. The minimum absolute atomic E-state index is 0.0234. The Balaban J connectivity index is 1.57. The number of benzene rings is 2. The van der Waals surface area contributed by atoms with E-state index in [9.17, 15) is 14.4 Å². The van der Waals surface area contributed by atoms with Crippen LogP contribution in [-0.2, 0) is 20.9 Å². The molecule has 0 spiro atoms. The molecular formula is C18H16N2O4S. The lowest BCUT2D eigenvalue weighted by Crippen LogP contribution is -2.31. The van der Waals surface area contributed by atoms with Crippen LogP contribution in [0.25, 0.3) is 0 Å². The summed E-state index contributed by atoms with van der Waals surface area (Å²) in [6.45, 7) is 0.0234. The highest BCUT2D eigenvalue weighted by atomic mass is 32.2. The van der Waals surface area contributed by atoms with Gasteiger partial charge in [0.1, 0.15) is 6.61 Å². The van der Waals surface area contributed by atoms with Crippen molar-refractivity contribution in [1.82, 2.24) is 0 Å². The van der Waals surface area contributed by atoms with E-state index in [-0.39, 0.29) is 18.9 Å². The quantitative estimate of drug-likeness (QED) is 0.801. The number of carbonyl (C=O) groups is 3. The zero-order valence-electron chi connectivity index (χ0n) is 13.2. The van der Waals surface area contributed by atoms with Crippen molar-refractivity contribution in [3.8, 4) is 0 Å². The van der Waals surface area contributed by atoms with E-state index in [2.05, 4.69) is 5.32 Å². The molecule has 0 saturated heterocycles. The van der Waals surface area contributed by atoms with Gasteiger partial charge >= 0.3 is 5.97 Å². The molecule has 3 rings (SSSR count). The highest BCUT2D eigenvalue weighted by Gasteiger charge is 2.29. The van der Waals surface area contributed by atoms with Gasteiger partial charge in [0, 0.05) is 10.5 Å². The number of esters is 1. The van der Waals surface area contributed by atoms with Crippen LogP contribution in [-0.4, -0.2) is 23.0 Å². The van der Waals surface area contributed by atoms with Crippen LogP contribution in [0.4, 0.5) is 5.69 Å². The number of hydrogen-bond acceptors (Lipinski definition) is 5. The molecule has 3 N–H and O–H groups in total. The van der Waals surface area contributed by atoms with Gasteiger partial charge in [-0.2, -0.15) is 0 Å². The zero-order valence-corrected chi connectivity index (χ0v) is 14.0. The number of hydrogen-bond donors (Lipinski definition) is 2. The molecule has 128 valence electrons. The lowest BCUT2D eigenvalue weighted by molar-refractivity contribution is -0.145. The molecule has 0 aromatic heterocycles. The van der Waals surface area contributed by atoms with E-state index in [0.717, 1.165) is 10.6 Å². The Bertz CT molecular complexity index is 837. The maximum absolute atomic E-state index is 12.1. The van der Waals surface area contributed by atoms with Gasteiger partial charge in [-0.05, 0) is 29.8 Å². The number of thioether (sulfide) groups is 1. The molecule has 25 heavy (non-hydrogen) atoms. The molecule has 0 radical (unpaired) electrons. The van der Waals surface area contributed by atoms with E-state index in [1.54, 1.807) is 24.3 Å². The van der Waals surface area contributed by atoms with Crippen molar-refractivity contribution >= 4 is 35.2 Å². The van der Waals surface area contributed by atoms with Gasteiger partial charge < -0.3 is 15.8 Å². The van der Waals surface area contributed by atoms with E-state index < -0.39 is 17.1 Å². The predicted molar refractivity (Wildman–Crippen MR) is 94.1 cm³/mol. The van der Waals surface area contributed by atoms with Gasteiger partial charge in [-0.3, -0.25) is 14.4 Å². The molecule has 2 aromatic carbocycles. The summed E-state index contributed by atoms with van der Waals surface area (Å²) in [6.07, 6.45) is -0.0274. The van der Waals surface area contributed by atoms with Gasteiger partial charge in [0.05, 0.1) is 17.4 Å². The minimum atomic E-state index is -0.540. The first-order valence-electron chi connectivity index (χ1n) is 7.64.